The molecule has 2 rings (SSSR count). The molecule has 1 N–H and O–H groups in total. The molecular weight excluding hydrogens is 306 g/mol. The fourth-order valence-electron chi connectivity index (χ4n) is 1.91. The van der Waals surface area contributed by atoms with E-state index < -0.39 is 40.4 Å². The van der Waals surface area contributed by atoms with Gasteiger partial charge in [0.15, 0.2) is 23.3 Å². The largest absolute Gasteiger partial charge is 0.478 e. The van der Waals surface area contributed by atoms with Gasteiger partial charge in [-0.1, -0.05) is 29.4 Å². The number of carboxylic acid groups (broad SMARTS) is 1. The van der Waals surface area contributed by atoms with Gasteiger partial charge in [-0.3, -0.25) is 0 Å². The van der Waals surface area contributed by atoms with E-state index in [2.05, 4.69) is 10.0 Å². The summed E-state index contributed by atoms with van der Waals surface area (Å²) in [4.78, 5) is 13.6. The van der Waals surface area contributed by atoms with E-state index in [-0.39, 0.29) is 11.3 Å². The average molecular weight is 311 g/mol. The molecule has 22 heavy (non-hydrogen) atoms. The summed E-state index contributed by atoms with van der Waals surface area (Å²) in [5, 5.41) is 12.2. The maximum absolute atomic E-state index is 14.0. The molecule has 9 heteroatoms. The summed E-state index contributed by atoms with van der Waals surface area (Å²) in [6.07, 6.45) is 0. The van der Waals surface area contributed by atoms with Crippen molar-refractivity contribution < 1.29 is 27.5 Å². The summed E-state index contributed by atoms with van der Waals surface area (Å²) in [5.41, 5.74) is 5.36. The Balaban J connectivity index is 2.98. The molecular formula is C13H5F4N3O2. The molecule has 2 aromatic rings. The molecule has 2 aromatic carbocycles. The van der Waals surface area contributed by atoms with Crippen molar-refractivity contribution in [3.05, 3.63) is 63.5 Å². The van der Waals surface area contributed by atoms with Gasteiger partial charge in [0.2, 0.25) is 0 Å². The highest BCUT2D eigenvalue weighted by molar-refractivity contribution is 5.98. The molecule has 0 saturated carbocycles. The molecule has 5 nitrogen and oxygen atoms in total. The van der Waals surface area contributed by atoms with Crippen LogP contribution in [-0.4, -0.2) is 11.1 Å². The highest BCUT2D eigenvalue weighted by Crippen LogP contribution is 2.37. The molecule has 0 aliphatic carbocycles. The van der Waals surface area contributed by atoms with Crippen molar-refractivity contribution in [2.75, 3.05) is 0 Å². The number of halogens is 4. The van der Waals surface area contributed by atoms with Gasteiger partial charge < -0.3 is 5.11 Å². The SMILES string of the molecule is [N-]=[N+]=Nc1ccccc1-c1c(F)c(F)c(F)c(F)c1C(=O)O. The lowest BCUT2D eigenvalue weighted by molar-refractivity contribution is 0.0690. The molecule has 0 unspecified atom stereocenters. The van der Waals surface area contributed by atoms with Crippen molar-refractivity contribution in [1.82, 2.24) is 0 Å². The molecule has 0 aromatic heterocycles. The lowest BCUT2D eigenvalue weighted by Gasteiger charge is -2.12. The van der Waals surface area contributed by atoms with E-state index in [9.17, 15) is 22.4 Å². The normalized spacial score (nSPS) is 10.2. The van der Waals surface area contributed by atoms with Gasteiger partial charge in [0, 0.05) is 16.2 Å². The predicted molar refractivity (Wildman–Crippen MR) is 67.5 cm³/mol. The second kappa shape index (κ2) is 5.74. The number of carbonyl (C=O) groups is 1. The fraction of sp³-hybridized carbons (Fsp3) is 0. The molecule has 0 spiro atoms. The number of aromatic carboxylic acids is 1. The van der Waals surface area contributed by atoms with Gasteiger partial charge in [-0.05, 0) is 11.1 Å². The van der Waals surface area contributed by atoms with Crippen LogP contribution >= 0.6 is 0 Å². The van der Waals surface area contributed by atoms with Gasteiger partial charge in [-0.25, -0.2) is 22.4 Å². The van der Waals surface area contributed by atoms with Gasteiger partial charge in [0.1, 0.15) is 5.56 Å². The minimum atomic E-state index is -2.24. The van der Waals surface area contributed by atoms with Crippen LogP contribution in [0.15, 0.2) is 29.4 Å². The maximum Gasteiger partial charge on any atom is 0.339 e. The van der Waals surface area contributed by atoms with E-state index in [1.807, 2.05) is 0 Å². The number of benzene rings is 2. The van der Waals surface area contributed by atoms with Gasteiger partial charge in [-0.15, -0.1) is 0 Å². The van der Waals surface area contributed by atoms with Crippen LogP contribution < -0.4 is 0 Å². The maximum atomic E-state index is 14.0. The molecule has 0 aliphatic heterocycles. The lowest BCUT2D eigenvalue weighted by Crippen LogP contribution is -2.11. The zero-order valence-electron chi connectivity index (χ0n) is 10.5. The molecule has 0 amide bonds. The minimum Gasteiger partial charge on any atom is -0.478 e. The zero-order valence-corrected chi connectivity index (χ0v) is 10.5. The van der Waals surface area contributed by atoms with E-state index in [1.165, 1.54) is 18.2 Å². The topological polar surface area (TPSA) is 86.1 Å². The summed E-state index contributed by atoms with van der Waals surface area (Å²) in [5.74, 6) is -10.3. The van der Waals surface area contributed by atoms with Crippen molar-refractivity contribution in [2.24, 2.45) is 5.11 Å². The van der Waals surface area contributed by atoms with Gasteiger partial charge in [0.25, 0.3) is 0 Å². The average Bonchev–Trinajstić information content (AvgIpc) is 2.49. The number of rotatable bonds is 3. The van der Waals surface area contributed by atoms with E-state index in [4.69, 9.17) is 10.6 Å². The van der Waals surface area contributed by atoms with Gasteiger partial charge >= 0.3 is 5.97 Å². The molecule has 0 radical (unpaired) electrons. The number of nitrogens with zero attached hydrogens (tertiary/aromatic N) is 3. The number of hydrogen-bond acceptors (Lipinski definition) is 2. The van der Waals surface area contributed by atoms with E-state index >= 15 is 0 Å². The first-order valence-corrected chi connectivity index (χ1v) is 5.63. The Labute approximate surface area is 120 Å². The number of carboxylic acids is 1. The monoisotopic (exact) mass is 311 g/mol. The van der Waals surface area contributed by atoms with Crippen molar-refractivity contribution in [2.45, 2.75) is 0 Å². The van der Waals surface area contributed by atoms with E-state index in [0.29, 0.717) is 0 Å². The number of hydrogen-bond donors (Lipinski definition) is 1. The molecule has 0 aliphatic rings. The van der Waals surface area contributed by atoms with E-state index in [0.717, 1.165) is 6.07 Å². The summed E-state index contributed by atoms with van der Waals surface area (Å²) >= 11 is 0. The Morgan fingerprint density at radius 3 is 2.23 bits per heavy atom. The van der Waals surface area contributed by atoms with Crippen LogP contribution in [0.2, 0.25) is 0 Å². The Hall–Kier alpha value is -3.06. The summed E-state index contributed by atoms with van der Waals surface area (Å²) in [7, 11) is 0. The van der Waals surface area contributed by atoms with Gasteiger partial charge in [-0.2, -0.15) is 0 Å². The summed E-state index contributed by atoms with van der Waals surface area (Å²) in [6.45, 7) is 0. The van der Waals surface area contributed by atoms with Crippen molar-refractivity contribution in [3.63, 3.8) is 0 Å². The van der Waals surface area contributed by atoms with Crippen molar-refractivity contribution in [3.8, 4) is 11.1 Å². The van der Waals surface area contributed by atoms with Crippen LogP contribution in [0.4, 0.5) is 23.2 Å². The zero-order chi connectivity index (χ0) is 16.4. The van der Waals surface area contributed by atoms with E-state index in [1.54, 1.807) is 0 Å². The lowest BCUT2D eigenvalue weighted by atomic mass is 9.96. The fourth-order valence-corrected chi connectivity index (χ4v) is 1.91. The molecule has 0 bridgehead atoms. The molecule has 0 atom stereocenters. The third kappa shape index (κ3) is 2.33. The molecule has 0 heterocycles. The quantitative estimate of drug-likeness (QED) is 0.225. The predicted octanol–water partition coefficient (Wildman–Crippen LogP) is 4.55. The first-order chi connectivity index (χ1) is 10.4. The van der Waals surface area contributed by atoms with Crippen LogP contribution in [0.3, 0.4) is 0 Å². The summed E-state index contributed by atoms with van der Waals surface area (Å²) in [6, 6.07) is 4.95. The molecule has 112 valence electrons. The third-order valence-corrected chi connectivity index (χ3v) is 2.81. The van der Waals surface area contributed by atoms with Crippen LogP contribution in [0.25, 0.3) is 21.6 Å². The smallest absolute Gasteiger partial charge is 0.339 e. The first kappa shape index (κ1) is 15.3. The Morgan fingerprint density at radius 1 is 1.05 bits per heavy atom. The molecule has 0 fully saturated rings. The van der Waals surface area contributed by atoms with Crippen LogP contribution in [-0.2, 0) is 0 Å². The summed E-state index contributed by atoms with van der Waals surface area (Å²) < 4.78 is 54.3. The Morgan fingerprint density at radius 2 is 1.64 bits per heavy atom. The van der Waals surface area contributed by atoms with Crippen molar-refractivity contribution >= 4 is 11.7 Å². The van der Waals surface area contributed by atoms with Crippen molar-refractivity contribution in [1.29, 1.82) is 0 Å². The minimum absolute atomic E-state index is 0.267. The Bertz CT molecular complexity index is 833. The highest BCUT2D eigenvalue weighted by Gasteiger charge is 2.30. The highest BCUT2D eigenvalue weighted by atomic mass is 19.2. The first-order valence-electron chi connectivity index (χ1n) is 5.63. The van der Waals surface area contributed by atoms with Crippen LogP contribution in [0, 0.1) is 23.3 Å². The Kier molecular flexibility index (Phi) is 4.00. The molecule has 0 saturated heterocycles. The van der Waals surface area contributed by atoms with Gasteiger partial charge in [0.05, 0.1) is 0 Å². The number of azide groups is 1. The standard InChI is InChI=1S/C13H5F4N3O2/c14-9-7(5-3-1-2-4-6(5)19-20-18)8(13(21)22)10(15)12(17)11(9)16/h1-4H,(H,21,22). The second-order valence-corrected chi connectivity index (χ2v) is 4.02. The van der Waals surface area contributed by atoms with Crippen LogP contribution in [0.1, 0.15) is 10.4 Å². The second-order valence-electron chi connectivity index (χ2n) is 4.02. The third-order valence-electron chi connectivity index (χ3n) is 2.81. The van der Waals surface area contributed by atoms with Crippen LogP contribution in [0.5, 0.6) is 0 Å².